The average molecular weight is 290 g/mol. The Morgan fingerprint density at radius 3 is 2.95 bits per heavy atom. The number of furan rings is 1. The molecule has 0 fully saturated rings. The number of pyridine rings is 2. The minimum atomic E-state index is 0.194. The van der Waals surface area contributed by atoms with E-state index in [1.54, 1.807) is 6.20 Å². The standard InChI is InChI=1S/C17H17BN3O/c1-12-6-7-15(20(3)11-12)21-10-8-14-16(18(21)2)13-5-4-9-19-17(13)22-14/h4-11H,1-3H3/q+1. The van der Waals surface area contributed by atoms with Crippen LogP contribution in [0.15, 0.2) is 47.3 Å². The molecule has 4 rings (SSSR count). The SMILES string of the molecule is CB1c2c(oc3ncccc23)C=CN1c1ccc(C)c[n+]1C. The van der Waals surface area contributed by atoms with E-state index >= 15 is 0 Å². The maximum atomic E-state index is 5.86. The lowest BCUT2D eigenvalue weighted by atomic mass is 9.54. The Bertz CT molecular complexity index is 900. The molecule has 0 saturated heterocycles. The summed E-state index contributed by atoms with van der Waals surface area (Å²) in [7, 11) is 2.08. The molecule has 108 valence electrons. The third-order valence-corrected chi connectivity index (χ3v) is 4.27. The summed E-state index contributed by atoms with van der Waals surface area (Å²) < 4.78 is 8.02. The van der Waals surface area contributed by atoms with Gasteiger partial charge in [0.15, 0.2) is 0 Å². The second-order valence-corrected chi connectivity index (χ2v) is 5.81. The summed E-state index contributed by atoms with van der Waals surface area (Å²) in [5.41, 5.74) is 3.16. The summed E-state index contributed by atoms with van der Waals surface area (Å²) >= 11 is 0. The molecular formula is C17H17BN3O+. The zero-order chi connectivity index (χ0) is 15.3. The number of fused-ring (bicyclic) bond motifs is 3. The first kappa shape index (κ1) is 13.1. The van der Waals surface area contributed by atoms with Gasteiger partial charge in [0.25, 0.3) is 5.82 Å². The zero-order valence-electron chi connectivity index (χ0n) is 12.9. The van der Waals surface area contributed by atoms with Crippen molar-refractivity contribution in [2.45, 2.75) is 13.7 Å². The normalized spacial score (nSPS) is 13.8. The molecule has 0 bridgehead atoms. The fourth-order valence-corrected chi connectivity index (χ4v) is 3.22. The molecule has 0 unspecified atom stereocenters. The van der Waals surface area contributed by atoms with Gasteiger partial charge < -0.3 is 4.42 Å². The van der Waals surface area contributed by atoms with E-state index in [1.807, 2.05) is 12.1 Å². The van der Waals surface area contributed by atoms with Gasteiger partial charge in [-0.3, -0.25) is 4.81 Å². The van der Waals surface area contributed by atoms with E-state index in [1.165, 1.54) is 11.0 Å². The number of aromatic nitrogens is 2. The zero-order valence-corrected chi connectivity index (χ0v) is 12.9. The van der Waals surface area contributed by atoms with Crippen LogP contribution >= 0.6 is 0 Å². The molecule has 0 spiro atoms. The molecule has 0 N–H and O–H groups in total. The van der Waals surface area contributed by atoms with Crippen LogP contribution in [0.25, 0.3) is 17.2 Å². The van der Waals surface area contributed by atoms with Crippen molar-refractivity contribution >= 4 is 35.3 Å². The van der Waals surface area contributed by atoms with Crippen LogP contribution < -0.4 is 14.8 Å². The lowest BCUT2D eigenvalue weighted by Crippen LogP contribution is -2.50. The Morgan fingerprint density at radius 2 is 2.14 bits per heavy atom. The molecule has 5 heteroatoms. The van der Waals surface area contributed by atoms with Gasteiger partial charge in [-0.25, -0.2) is 9.55 Å². The lowest BCUT2D eigenvalue weighted by molar-refractivity contribution is -0.658. The summed E-state index contributed by atoms with van der Waals surface area (Å²) in [6, 6.07) is 8.33. The number of hydrogen-bond acceptors (Lipinski definition) is 3. The van der Waals surface area contributed by atoms with Gasteiger partial charge in [0.1, 0.15) is 5.76 Å². The van der Waals surface area contributed by atoms with Crippen molar-refractivity contribution in [3.05, 3.63) is 54.2 Å². The third kappa shape index (κ3) is 1.85. The Kier molecular flexibility index (Phi) is 2.82. The predicted molar refractivity (Wildman–Crippen MR) is 89.1 cm³/mol. The van der Waals surface area contributed by atoms with Crippen molar-refractivity contribution in [2.75, 3.05) is 4.81 Å². The van der Waals surface area contributed by atoms with Gasteiger partial charge in [0, 0.05) is 29.2 Å². The van der Waals surface area contributed by atoms with Gasteiger partial charge in [-0.15, -0.1) is 0 Å². The van der Waals surface area contributed by atoms with Crippen LogP contribution in [-0.2, 0) is 7.05 Å². The molecule has 0 amide bonds. The fourth-order valence-electron chi connectivity index (χ4n) is 3.22. The molecule has 1 aliphatic rings. The van der Waals surface area contributed by atoms with E-state index in [4.69, 9.17) is 4.42 Å². The van der Waals surface area contributed by atoms with Crippen LogP contribution in [0, 0.1) is 6.92 Å². The van der Waals surface area contributed by atoms with Crippen molar-refractivity contribution in [1.82, 2.24) is 4.98 Å². The minimum Gasteiger partial charge on any atom is -0.439 e. The maximum absolute atomic E-state index is 5.86. The first-order valence-electron chi connectivity index (χ1n) is 7.45. The van der Waals surface area contributed by atoms with E-state index in [-0.39, 0.29) is 6.85 Å². The van der Waals surface area contributed by atoms with Crippen LogP contribution in [-0.4, -0.2) is 11.8 Å². The highest BCUT2D eigenvalue weighted by molar-refractivity contribution is 6.79. The van der Waals surface area contributed by atoms with Gasteiger partial charge >= 0.3 is 6.85 Å². The van der Waals surface area contributed by atoms with Crippen LogP contribution in [0.4, 0.5) is 5.82 Å². The predicted octanol–water partition coefficient (Wildman–Crippen LogP) is 2.28. The molecule has 1 aliphatic heterocycles. The van der Waals surface area contributed by atoms with E-state index in [9.17, 15) is 0 Å². The number of aryl methyl sites for hydroxylation is 2. The summed E-state index contributed by atoms with van der Waals surface area (Å²) in [6.07, 6.45) is 8.01. The number of hydrogen-bond donors (Lipinski definition) is 0. The quantitative estimate of drug-likeness (QED) is 0.509. The Labute approximate surface area is 129 Å². The Hall–Kier alpha value is -2.56. The molecule has 3 aromatic rings. The summed E-state index contributed by atoms with van der Waals surface area (Å²) in [5, 5.41) is 1.09. The first-order chi connectivity index (χ1) is 10.6. The van der Waals surface area contributed by atoms with Gasteiger partial charge in [0.2, 0.25) is 5.71 Å². The van der Waals surface area contributed by atoms with Crippen LogP contribution in [0.2, 0.25) is 6.82 Å². The third-order valence-electron chi connectivity index (χ3n) is 4.27. The lowest BCUT2D eigenvalue weighted by Gasteiger charge is -2.22. The molecule has 22 heavy (non-hydrogen) atoms. The number of anilines is 1. The van der Waals surface area contributed by atoms with Crippen molar-refractivity contribution < 1.29 is 8.98 Å². The van der Waals surface area contributed by atoms with Crippen molar-refractivity contribution in [3.8, 4) is 0 Å². The largest absolute Gasteiger partial charge is 0.439 e. The molecule has 4 nitrogen and oxygen atoms in total. The second kappa shape index (κ2) is 4.73. The van der Waals surface area contributed by atoms with Gasteiger partial charge in [-0.1, -0.05) is 0 Å². The number of nitrogens with zero attached hydrogens (tertiary/aromatic N) is 3. The highest BCUT2D eigenvalue weighted by atomic mass is 16.3. The smallest absolute Gasteiger partial charge is 0.413 e. The van der Waals surface area contributed by atoms with Crippen molar-refractivity contribution in [1.29, 1.82) is 0 Å². The molecule has 0 aliphatic carbocycles. The Morgan fingerprint density at radius 1 is 1.27 bits per heavy atom. The monoisotopic (exact) mass is 290 g/mol. The molecule has 0 saturated carbocycles. The molecular weight excluding hydrogens is 273 g/mol. The molecule has 0 aromatic carbocycles. The van der Waals surface area contributed by atoms with Gasteiger partial charge in [-0.2, -0.15) is 0 Å². The van der Waals surface area contributed by atoms with Crippen LogP contribution in [0.5, 0.6) is 0 Å². The summed E-state index contributed by atoms with van der Waals surface area (Å²) in [4.78, 5) is 6.59. The van der Waals surface area contributed by atoms with Crippen molar-refractivity contribution in [3.63, 3.8) is 0 Å². The average Bonchev–Trinajstić information content (AvgIpc) is 2.88. The van der Waals surface area contributed by atoms with Crippen LogP contribution in [0.3, 0.4) is 0 Å². The molecule has 3 aromatic heterocycles. The number of rotatable bonds is 1. The Balaban J connectivity index is 1.86. The van der Waals surface area contributed by atoms with Crippen LogP contribution in [0.1, 0.15) is 11.3 Å². The maximum Gasteiger partial charge on any atom is 0.413 e. The van der Waals surface area contributed by atoms with E-state index in [2.05, 4.69) is 65.8 Å². The highest BCUT2D eigenvalue weighted by Crippen LogP contribution is 2.24. The summed E-state index contributed by atoms with van der Waals surface area (Å²) in [5.74, 6) is 2.06. The first-order valence-corrected chi connectivity index (χ1v) is 7.45. The van der Waals surface area contributed by atoms with E-state index in [0.717, 1.165) is 17.0 Å². The molecule has 4 heterocycles. The highest BCUT2D eigenvalue weighted by Gasteiger charge is 2.37. The minimum absolute atomic E-state index is 0.194. The van der Waals surface area contributed by atoms with E-state index in [0.29, 0.717) is 5.71 Å². The van der Waals surface area contributed by atoms with E-state index < -0.39 is 0 Å². The molecule has 0 radical (unpaired) electrons. The molecule has 0 atom stereocenters. The van der Waals surface area contributed by atoms with Crippen molar-refractivity contribution in [2.24, 2.45) is 7.05 Å². The summed E-state index contributed by atoms with van der Waals surface area (Å²) in [6.45, 7) is 4.50. The van der Waals surface area contributed by atoms with Gasteiger partial charge in [0.05, 0.1) is 19.4 Å². The van der Waals surface area contributed by atoms with Gasteiger partial charge in [-0.05, 0) is 37.5 Å². The topological polar surface area (TPSA) is 33.2 Å². The fraction of sp³-hybridized carbons (Fsp3) is 0.176. The second-order valence-electron chi connectivity index (χ2n) is 5.81.